The van der Waals surface area contributed by atoms with Gasteiger partial charge >= 0.3 is 0 Å². The number of nitrogens with zero attached hydrogens (tertiary/aromatic N) is 1. The number of amides is 1. The lowest BCUT2D eigenvalue weighted by Gasteiger charge is -2.17. The Kier molecular flexibility index (Phi) is 4.89. The molecule has 2 aromatic rings. The molecule has 5 nitrogen and oxygen atoms in total. The topological polar surface area (TPSA) is 66.5 Å². The summed E-state index contributed by atoms with van der Waals surface area (Å²) in [6.45, 7) is 0.493. The van der Waals surface area contributed by atoms with Crippen molar-refractivity contribution in [3.8, 4) is 0 Å². The molecular formula is C17H17ClN2O3S. The molecule has 24 heavy (non-hydrogen) atoms. The fourth-order valence-corrected chi connectivity index (χ4v) is 4.32. The first-order valence-corrected chi connectivity index (χ1v) is 9.58. The summed E-state index contributed by atoms with van der Waals surface area (Å²) in [6, 6.07) is 15.2. The van der Waals surface area contributed by atoms with Crippen LogP contribution >= 0.6 is 11.6 Å². The molecule has 0 radical (unpaired) electrons. The number of hydrogen-bond acceptors (Lipinski definition) is 3. The summed E-state index contributed by atoms with van der Waals surface area (Å²) in [5.74, 6) is -0.432. The van der Waals surface area contributed by atoms with E-state index in [2.05, 4.69) is 4.72 Å². The minimum atomic E-state index is -3.63. The first kappa shape index (κ1) is 17.0. The molecule has 126 valence electrons. The van der Waals surface area contributed by atoms with Gasteiger partial charge in [-0.05, 0) is 36.2 Å². The number of anilines is 1. The largest absolute Gasteiger partial charge is 0.311 e. The molecule has 0 aliphatic carbocycles. The number of benzene rings is 2. The van der Waals surface area contributed by atoms with E-state index in [1.165, 1.54) is 0 Å². The van der Waals surface area contributed by atoms with E-state index in [9.17, 15) is 13.2 Å². The van der Waals surface area contributed by atoms with Gasteiger partial charge < -0.3 is 4.90 Å². The van der Waals surface area contributed by atoms with Crippen LogP contribution in [0.25, 0.3) is 0 Å². The van der Waals surface area contributed by atoms with Crippen molar-refractivity contribution in [2.75, 3.05) is 11.4 Å². The number of hydrogen-bond donors (Lipinski definition) is 1. The zero-order chi connectivity index (χ0) is 17.2. The first-order valence-electron chi connectivity index (χ1n) is 7.55. The van der Waals surface area contributed by atoms with E-state index in [0.717, 1.165) is 5.69 Å². The average molecular weight is 365 g/mol. The maximum absolute atomic E-state index is 12.5. The van der Waals surface area contributed by atoms with Crippen LogP contribution in [0.2, 0.25) is 5.02 Å². The van der Waals surface area contributed by atoms with Crippen LogP contribution in [0.3, 0.4) is 0 Å². The Labute approximate surface area is 146 Å². The van der Waals surface area contributed by atoms with E-state index in [1.54, 1.807) is 29.2 Å². The molecule has 0 saturated carbocycles. The third-order valence-corrected chi connectivity index (χ3v) is 5.43. The molecule has 0 aromatic heterocycles. The molecule has 1 atom stereocenters. The Morgan fingerprint density at radius 2 is 1.88 bits per heavy atom. The summed E-state index contributed by atoms with van der Waals surface area (Å²) in [5, 5.41) is 0.481. The van der Waals surface area contributed by atoms with Gasteiger partial charge in [0.25, 0.3) is 0 Å². The Morgan fingerprint density at radius 3 is 2.58 bits per heavy atom. The highest BCUT2D eigenvalue weighted by atomic mass is 35.5. The average Bonchev–Trinajstić information content (AvgIpc) is 2.88. The lowest BCUT2D eigenvalue weighted by molar-refractivity contribution is -0.118. The number of nitrogens with one attached hydrogen (secondary N) is 1. The molecule has 1 heterocycles. The molecule has 1 saturated heterocycles. The van der Waals surface area contributed by atoms with Crippen LogP contribution in [0, 0.1) is 0 Å². The van der Waals surface area contributed by atoms with Gasteiger partial charge in [-0.1, -0.05) is 41.9 Å². The predicted octanol–water partition coefficient (Wildman–Crippen LogP) is 2.56. The summed E-state index contributed by atoms with van der Waals surface area (Å²) >= 11 is 5.88. The van der Waals surface area contributed by atoms with E-state index in [4.69, 9.17) is 11.6 Å². The lowest BCUT2D eigenvalue weighted by Crippen LogP contribution is -2.41. The third kappa shape index (κ3) is 3.95. The summed E-state index contributed by atoms with van der Waals surface area (Å²) in [5.41, 5.74) is 1.36. The van der Waals surface area contributed by atoms with Crippen molar-refractivity contribution in [1.29, 1.82) is 0 Å². The summed E-state index contributed by atoms with van der Waals surface area (Å²) in [7, 11) is -3.63. The number of carbonyl (C=O) groups is 1. The molecule has 1 aliphatic heterocycles. The Bertz CT molecular complexity index is 840. The molecule has 1 fully saturated rings. The van der Waals surface area contributed by atoms with Gasteiger partial charge in [-0.2, -0.15) is 0 Å². The van der Waals surface area contributed by atoms with Gasteiger partial charge in [0.15, 0.2) is 0 Å². The van der Waals surface area contributed by atoms with Gasteiger partial charge in [0.2, 0.25) is 15.9 Å². The van der Waals surface area contributed by atoms with Crippen LogP contribution in [0.4, 0.5) is 5.69 Å². The monoisotopic (exact) mass is 364 g/mol. The molecule has 0 unspecified atom stereocenters. The summed E-state index contributed by atoms with van der Waals surface area (Å²) in [6.07, 6.45) is 0.447. The Balaban J connectivity index is 1.68. The van der Waals surface area contributed by atoms with Crippen molar-refractivity contribution in [2.24, 2.45) is 0 Å². The van der Waals surface area contributed by atoms with Crippen LogP contribution < -0.4 is 9.62 Å². The minimum Gasteiger partial charge on any atom is -0.311 e. The molecule has 1 amide bonds. The standard InChI is InChI=1S/C17H17ClN2O3S/c18-14-6-4-5-13(11-14)12-24(22,23)19-16-9-10-20(17(16)21)15-7-2-1-3-8-15/h1-8,11,16,19H,9-10,12H2/t16-/m1/s1. The second-order valence-electron chi connectivity index (χ2n) is 5.67. The SMILES string of the molecule is O=C1[C@H](NS(=O)(=O)Cc2cccc(Cl)c2)CCN1c1ccccc1. The number of sulfonamides is 1. The molecule has 2 aromatic carbocycles. The quantitative estimate of drug-likeness (QED) is 0.886. The van der Waals surface area contributed by atoms with Gasteiger partial charge in [0.1, 0.15) is 6.04 Å². The van der Waals surface area contributed by atoms with Crippen molar-refractivity contribution in [1.82, 2.24) is 4.72 Å². The smallest absolute Gasteiger partial charge is 0.245 e. The Morgan fingerprint density at radius 1 is 1.12 bits per heavy atom. The number of halogens is 1. The lowest BCUT2D eigenvalue weighted by atomic mass is 10.2. The van der Waals surface area contributed by atoms with Crippen LogP contribution in [0.1, 0.15) is 12.0 Å². The number of carbonyl (C=O) groups excluding carboxylic acids is 1. The van der Waals surface area contributed by atoms with Gasteiger partial charge in [-0.3, -0.25) is 4.79 Å². The van der Waals surface area contributed by atoms with Crippen LogP contribution in [0.5, 0.6) is 0 Å². The highest BCUT2D eigenvalue weighted by Crippen LogP contribution is 2.22. The second-order valence-corrected chi connectivity index (χ2v) is 7.86. The number of rotatable bonds is 5. The van der Waals surface area contributed by atoms with Crippen LogP contribution in [0.15, 0.2) is 54.6 Å². The third-order valence-electron chi connectivity index (χ3n) is 3.84. The fourth-order valence-electron chi connectivity index (χ4n) is 2.76. The molecule has 7 heteroatoms. The minimum absolute atomic E-state index is 0.206. The van der Waals surface area contributed by atoms with Gasteiger partial charge in [0, 0.05) is 17.3 Å². The molecular weight excluding hydrogens is 348 g/mol. The maximum atomic E-state index is 12.5. The first-order chi connectivity index (χ1) is 11.4. The predicted molar refractivity (Wildman–Crippen MR) is 94.4 cm³/mol. The van der Waals surface area contributed by atoms with E-state index in [0.29, 0.717) is 23.6 Å². The molecule has 1 aliphatic rings. The molecule has 0 bridgehead atoms. The summed E-state index contributed by atoms with van der Waals surface area (Å²) in [4.78, 5) is 14.1. The van der Waals surface area contributed by atoms with Crippen LogP contribution in [-0.2, 0) is 20.6 Å². The van der Waals surface area contributed by atoms with Crippen molar-refractivity contribution in [3.05, 3.63) is 65.2 Å². The van der Waals surface area contributed by atoms with Crippen molar-refractivity contribution in [3.63, 3.8) is 0 Å². The number of para-hydroxylation sites is 1. The molecule has 1 N–H and O–H groups in total. The highest BCUT2D eigenvalue weighted by Gasteiger charge is 2.35. The maximum Gasteiger partial charge on any atom is 0.245 e. The normalized spacial score (nSPS) is 18.1. The summed E-state index contributed by atoms with van der Waals surface area (Å²) < 4.78 is 27.2. The van der Waals surface area contributed by atoms with E-state index in [1.807, 2.05) is 30.3 Å². The van der Waals surface area contributed by atoms with Crippen molar-refractivity contribution >= 4 is 33.2 Å². The second kappa shape index (κ2) is 6.93. The van der Waals surface area contributed by atoms with Crippen molar-refractivity contribution < 1.29 is 13.2 Å². The van der Waals surface area contributed by atoms with Crippen molar-refractivity contribution in [2.45, 2.75) is 18.2 Å². The van der Waals surface area contributed by atoms with E-state index >= 15 is 0 Å². The van der Waals surface area contributed by atoms with Gasteiger partial charge in [-0.15, -0.1) is 0 Å². The van der Waals surface area contributed by atoms with Crippen LogP contribution in [-0.4, -0.2) is 26.9 Å². The zero-order valence-corrected chi connectivity index (χ0v) is 14.4. The van der Waals surface area contributed by atoms with Gasteiger partial charge in [0.05, 0.1) is 5.75 Å². The van der Waals surface area contributed by atoms with E-state index in [-0.39, 0.29) is 11.7 Å². The zero-order valence-electron chi connectivity index (χ0n) is 12.9. The molecule has 0 spiro atoms. The highest BCUT2D eigenvalue weighted by molar-refractivity contribution is 7.88. The molecule has 3 rings (SSSR count). The fraction of sp³-hybridized carbons (Fsp3) is 0.235. The van der Waals surface area contributed by atoms with E-state index < -0.39 is 16.1 Å². The van der Waals surface area contributed by atoms with Gasteiger partial charge in [-0.25, -0.2) is 13.1 Å². The Hall–Kier alpha value is -1.89.